The van der Waals surface area contributed by atoms with Gasteiger partial charge in [-0.2, -0.15) is 4.98 Å². The number of anilines is 2. The first-order valence-corrected chi connectivity index (χ1v) is 6.63. The molecule has 114 valence electrons. The van der Waals surface area contributed by atoms with E-state index in [2.05, 4.69) is 9.97 Å². The van der Waals surface area contributed by atoms with Crippen LogP contribution in [0.25, 0.3) is 0 Å². The molecule has 0 aliphatic carbocycles. The molecule has 1 saturated heterocycles. The van der Waals surface area contributed by atoms with Crippen LogP contribution >= 0.6 is 0 Å². The van der Waals surface area contributed by atoms with E-state index in [1.807, 2.05) is 4.90 Å². The van der Waals surface area contributed by atoms with E-state index in [-0.39, 0.29) is 23.3 Å². The molecule has 0 spiro atoms. The van der Waals surface area contributed by atoms with Crippen molar-refractivity contribution in [3.8, 4) is 0 Å². The first kappa shape index (κ1) is 14.9. The van der Waals surface area contributed by atoms with Crippen molar-refractivity contribution in [2.45, 2.75) is 12.8 Å². The van der Waals surface area contributed by atoms with E-state index in [9.17, 15) is 14.9 Å². The Hall–Kier alpha value is -2.45. The van der Waals surface area contributed by atoms with E-state index in [1.165, 1.54) is 0 Å². The number of aromatic nitrogens is 2. The maximum Gasteiger partial charge on any atom is 0.329 e. The molecule has 21 heavy (non-hydrogen) atoms. The van der Waals surface area contributed by atoms with Crippen molar-refractivity contribution in [2.24, 2.45) is 5.92 Å². The van der Waals surface area contributed by atoms with Gasteiger partial charge >= 0.3 is 5.69 Å². The average molecular weight is 294 g/mol. The van der Waals surface area contributed by atoms with Crippen molar-refractivity contribution in [3.63, 3.8) is 0 Å². The van der Waals surface area contributed by atoms with Gasteiger partial charge in [0, 0.05) is 33.1 Å². The van der Waals surface area contributed by atoms with Gasteiger partial charge in [0.05, 0.1) is 4.92 Å². The smallest absolute Gasteiger partial charge is 0.329 e. The molecule has 0 radical (unpaired) electrons. The molecule has 9 heteroatoms. The summed E-state index contributed by atoms with van der Waals surface area (Å²) >= 11 is 0. The zero-order chi connectivity index (χ0) is 15.6. The van der Waals surface area contributed by atoms with Gasteiger partial charge in [-0.3, -0.25) is 14.9 Å². The van der Waals surface area contributed by atoms with Crippen molar-refractivity contribution in [3.05, 3.63) is 16.3 Å². The lowest BCUT2D eigenvalue weighted by Crippen LogP contribution is -2.40. The number of nitro groups is 1. The molecule has 0 atom stereocenters. The van der Waals surface area contributed by atoms with Gasteiger partial charge in [0.1, 0.15) is 6.20 Å². The predicted octanol–water partition coefficient (Wildman–Crippen LogP) is 0.272. The highest BCUT2D eigenvalue weighted by molar-refractivity contribution is 5.78. The van der Waals surface area contributed by atoms with Crippen LogP contribution in [-0.2, 0) is 4.79 Å². The van der Waals surface area contributed by atoms with Crippen LogP contribution in [0.4, 0.5) is 17.5 Å². The minimum Gasteiger partial charge on any atom is -0.378 e. The monoisotopic (exact) mass is 294 g/mol. The fourth-order valence-corrected chi connectivity index (χ4v) is 2.36. The van der Waals surface area contributed by atoms with Crippen molar-refractivity contribution < 1.29 is 9.72 Å². The van der Waals surface area contributed by atoms with E-state index in [0.717, 1.165) is 6.20 Å². The zero-order valence-electron chi connectivity index (χ0n) is 12.0. The van der Waals surface area contributed by atoms with E-state index in [1.54, 1.807) is 19.0 Å². The minimum absolute atomic E-state index is 0.00615. The fraction of sp³-hybridized carbons (Fsp3) is 0.583. The van der Waals surface area contributed by atoms with Crippen molar-refractivity contribution in [1.29, 1.82) is 0 Å². The number of rotatable bonds is 3. The van der Waals surface area contributed by atoms with Crippen LogP contribution in [0.3, 0.4) is 0 Å². The molecule has 1 aromatic rings. The third-order valence-electron chi connectivity index (χ3n) is 3.55. The number of amides is 1. The number of nitrogens with zero attached hydrogens (tertiary/aromatic N) is 5. The topological polar surface area (TPSA) is 118 Å². The molecule has 1 aliphatic rings. The highest BCUT2D eigenvalue weighted by Crippen LogP contribution is 2.25. The quantitative estimate of drug-likeness (QED) is 0.627. The standard InChI is InChI=1S/C12H18N6O3/c1-16(2)11(19)8-3-5-17(6-4-8)12-14-7-9(18(20)21)10(13)15-12/h7-8H,3-6H2,1-2H3,(H2,13,14,15). The lowest BCUT2D eigenvalue weighted by molar-refractivity contribution is -0.384. The number of nitrogen functional groups attached to an aromatic ring is 1. The van der Waals surface area contributed by atoms with E-state index >= 15 is 0 Å². The largest absolute Gasteiger partial charge is 0.378 e. The molecule has 0 bridgehead atoms. The van der Waals surface area contributed by atoms with Gasteiger partial charge in [-0.05, 0) is 12.8 Å². The number of hydrogen-bond acceptors (Lipinski definition) is 7. The number of carbonyl (C=O) groups excluding carboxylic acids is 1. The van der Waals surface area contributed by atoms with Crippen molar-refractivity contribution >= 4 is 23.4 Å². The number of nitrogens with two attached hydrogens (primary N) is 1. The Bertz CT molecular complexity index is 554. The second kappa shape index (κ2) is 5.90. The number of piperidine rings is 1. The van der Waals surface area contributed by atoms with Crippen LogP contribution in [0.1, 0.15) is 12.8 Å². The molecule has 2 rings (SSSR count). The number of hydrogen-bond donors (Lipinski definition) is 1. The average Bonchev–Trinajstić information content (AvgIpc) is 2.46. The van der Waals surface area contributed by atoms with Crippen LogP contribution in [0.5, 0.6) is 0 Å². The van der Waals surface area contributed by atoms with E-state index in [4.69, 9.17) is 5.73 Å². The summed E-state index contributed by atoms with van der Waals surface area (Å²) in [6.45, 7) is 1.25. The second-order valence-corrected chi connectivity index (χ2v) is 5.19. The Balaban J connectivity index is 2.04. The molecule has 2 heterocycles. The Kier molecular flexibility index (Phi) is 4.20. The Morgan fingerprint density at radius 1 is 1.48 bits per heavy atom. The summed E-state index contributed by atoms with van der Waals surface area (Å²) in [4.78, 5) is 33.4. The molecule has 1 amide bonds. The minimum atomic E-state index is -0.610. The lowest BCUT2D eigenvalue weighted by Gasteiger charge is -2.32. The maximum absolute atomic E-state index is 11.9. The molecule has 1 aliphatic heterocycles. The van der Waals surface area contributed by atoms with Crippen molar-refractivity contribution in [1.82, 2.24) is 14.9 Å². The third kappa shape index (κ3) is 3.18. The summed E-state index contributed by atoms with van der Waals surface area (Å²) in [5.41, 5.74) is 5.27. The van der Waals surface area contributed by atoms with Gasteiger partial charge < -0.3 is 15.5 Å². The molecule has 1 fully saturated rings. The summed E-state index contributed by atoms with van der Waals surface area (Å²) in [5.74, 6) is 0.357. The fourth-order valence-electron chi connectivity index (χ4n) is 2.36. The molecular weight excluding hydrogens is 276 g/mol. The van der Waals surface area contributed by atoms with E-state index in [0.29, 0.717) is 31.9 Å². The first-order chi connectivity index (χ1) is 9.90. The summed E-state index contributed by atoms with van der Waals surface area (Å²) in [6, 6.07) is 0. The molecule has 0 saturated carbocycles. The molecule has 2 N–H and O–H groups in total. The summed E-state index contributed by atoms with van der Waals surface area (Å²) in [5, 5.41) is 10.7. The molecular formula is C12H18N6O3. The highest BCUT2D eigenvalue weighted by atomic mass is 16.6. The van der Waals surface area contributed by atoms with Gasteiger partial charge in [0.2, 0.25) is 17.7 Å². The normalized spacial score (nSPS) is 15.8. The maximum atomic E-state index is 11.9. The van der Waals surface area contributed by atoms with Crippen LogP contribution in [0, 0.1) is 16.0 Å². The van der Waals surface area contributed by atoms with Crippen LogP contribution in [0.15, 0.2) is 6.20 Å². The Morgan fingerprint density at radius 2 is 2.10 bits per heavy atom. The van der Waals surface area contributed by atoms with E-state index < -0.39 is 4.92 Å². The molecule has 0 aromatic carbocycles. The second-order valence-electron chi connectivity index (χ2n) is 5.19. The first-order valence-electron chi connectivity index (χ1n) is 6.63. The van der Waals surface area contributed by atoms with Gasteiger partial charge in [0.25, 0.3) is 0 Å². The summed E-state index contributed by atoms with van der Waals surface area (Å²) in [7, 11) is 3.49. The molecule has 1 aromatic heterocycles. The zero-order valence-corrected chi connectivity index (χ0v) is 12.0. The van der Waals surface area contributed by atoms with Crippen LogP contribution in [0.2, 0.25) is 0 Å². The Morgan fingerprint density at radius 3 is 2.57 bits per heavy atom. The number of carbonyl (C=O) groups is 1. The molecule has 0 unspecified atom stereocenters. The third-order valence-corrected chi connectivity index (χ3v) is 3.55. The highest BCUT2D eigenvalue weighted by Gasteiger charge is 2.27. The molecule has 9 nitrogen and oxygen atoms in total. The van der Waals surface area contributed by atoms with Gasteiger partial charge in [0.15, 0.2) is 0 Å². The van der Waals surface area contributed by atoms with Gasteiger partial charge in [-0.25, -0.2) is 4.98 Å². The predicted molar refractivity (Wildman–Crippen MR) is 76.7 cm³/mol. The lowest BCUT2D eigenvalue weighted by atomic mass is 9.96. The van der Waals surface area contributed by atoms with Gasteiger partial charge in [-0.15, -0.1) is 0 Å². The van der Waals surface area contributed by atoms with Crippen LogP contribution < -0.4 is 10.6 Å². The van der Waals surface area contributed by atoms with Gasteiger partial charge in [-0.1, -0.05) is 0 Å². The summed E-state index contributed by atoms with van der Waals surface area (Å²) < 4.78 is 0. The van der Waals surface area contributed by atoms with Crippen LogP contribution in [-0.4, -0.2) is 52.9 Å². The summed E-state index contributed by atoms with van der Waals surface area (Å²) in [6.07, 6.45) is 2.53. The SMILES string of the molecule is CN(C)C(=O)C1CCN(c2ncc([N+](=O)[O-])c(N)n2)CC1. The Labute approximate surface area is 121 Å². The van der Waals surface area contributed by atoms with Crippen molar-refractivity contribution in [2.75, 3.05) is 37.8 Å².